The van der Waals surface area contributed by atoms with Crippen LogP contribution in [-0.4, -0.2) is 25.9 Å². The van der Waals surface area contributed by atoms with Gasteiger partial charge in [0.25, 0.3) is 0 Å². The molecule has 0 amide bonds. The Morgan fingerprint density at radius 1 is 1.11 bits per heavy atom. The minimum absolute atomic E-state index is 0.367. The van der Waals surface area contributed by atoms with Gasteiger partial charge < -0.3 is 9.82 Å². The second kappa shape index (κ2) is 6.35. The number of H-pyrrole nitrogens is 1. The van der Waals surface area contributed by atoms with Crippen LogP contribution in [0.4, 0.5) is 5.82 Å². The van der Waals surface area contributed by atoms with Crippen molar-refractivity contribution in [2.24, 2.45) is 5.41 Å². The molecule has 1 aromatic carbocycles. The largest absolute Gasteiger partial charge is 0.346 e. The maximum atomic E-state index is 12.0. The molecule has 7 heteroatoms. The lowest BCUT2D eigenvalue weighted by molar-refractivity contribution is -0.149. The number of pyridine rings is 1. The number of anilines is 1. The molecule has 0 aliphatic rings. The summed E-state index contributed by atoms with van der Waals surface area (Å²) >= 11 is 0. The smallest absolute Gasteiger partial charge is 0.337 e. The summed E-state index contributed by atoms with van der Waals surface area (Å²) in [4.78, 5) is 33.3. The standard InChI is InChI=1S/C20H19N5O2/c1-20(2,3)19(26)27-25-18-14-9-12(6-7-16(14)23-11-24-18)15-10-22-17-13(15)5-4-8-21-17/h4-11H,1-3H3,(H,21,22)(H,23,24,25). The van der Waals surface area contributed by atoms with Gasteiger partial charge in [0, 0.05) is 28.7 Å². The Labute approximate surface area is 155 Å². The molecule has 0 unspecified atom stereocenters. The second-order valence-electron chi connectivity index (χ2n) is 7.30. The number of aromatic amines is 1. The van der Waals surface area contributed by atoms with E-state index in [1.807, 2.05) is 36.5 Å². The van der Waals surface area contributed by atoms with E-state index >= 15 is 0 Å². The van der Waals surface area contributed by atoms with Gasteiger partial charge in [0.15, 0.2) is 5.82 Å². The average molecular weight is 361 g/mol. The molecular weight excluding hydrogens is 342 g/mol. The molecule has 2 N–H and O–H groups in total. The van der Waals surface area contributed by atoms with E-state index in [1.54, 1.807) is 27.0 Å². The number of hydrogen-bond acceptors (Lipinski definition) is 6. The third kappa shape index (κ3) is 3.19. The van der Waals surface area contributed by atoms with Crippen LogP contribution in [0.3, 0.4) is 0 Å². The highest BCUT2D eigenvalue weighted by atomic mass is 16.7. The first kappa shape index (κ1) is 17.0. The predicted molar refractivity (Wildman–Crippen MR) is 104 cm³/mol. The quantitative estimate of drug-likeness (QED) is 0.534. The Hall–Kier alpha value is -3.48. The van der Waals surface area contributed by atoms with Crippen LogP contribution >= 0.6 is 0 Å². The third-order valence-corrected chi connectivity index (χ3v) is 4.25. The fourth-order valence-corrected chi connectivity index (χ4v) is 2.75. The zero-order chi connectivity index (χ0) is 19.0. The van der Waals surface area contributed by atoms with Gasteiger partial charge in [-0.15, -0.1) is 0 Å². The third-order valence-electron chi connectivity index (χ3n) is 4.25. The molecule has 0 aliphatic carbocycles. The van der Waals surface area contributed by atoms with Gasteiger partial charge in [-0.2, -0.15) is 5.48 Å². The van der Waals surface area contributed by atoms with Crippen LogP contribution in [0.15, 0.2) is 49.1 Å². The number of rotatable bonds is 3. The van der Waals surface area contributed by atoms with Gasteiger partial charge in [-0.05, 0) is 50.6 Å². The molecular formula is C20H19N5O2. The topological polar surface area (TPSA) is 92.8 Å². The van der Waals surface area contributed by atoms with Crippen molar-refractivity contribution in [1.29, 1.82) is 0 Å². The van der Waals surface area contributed by atoms with Gasteiger partial charge in [-0.3, -0.25) is 0 Å². The summed E-state index contributed by atoms with van der Waals surface area (Å²) < 4.78 is 0. The molecule has 0 aliphatic heterocycles. The van der Waals surface area contributed by atoms with Crippen LogP contribution in [0.2, 0.25) is 0 Å². The van der Waals surface area contributed by atoms with Gasteiger partial charge >= 0.3 is 5.97 Å². The Bertz CT molecular complexity index is 1140. The number of carbonyl (C=O) groups is 1. The minimum atomic E-state index is -0.613. The molecule has 0 spiro atoms. The van der Waals surface area contributed by atoms with Gasteiger partial charge in [0.05, 0.1) is 10.9 Å². The van der Waals surface area contributed by atoms with E-state index < -0.39 is 5.41 Å². The van der Waals surface area contributed by atoms with Crippen molar-refractivity contribution in [3.8, 4) is 11.1 Å². The lowest BCUT2D eigenvalue weighted by atomic mass is 9.98. The highest BCUT2D eigenvalue weighted by Gasteiger charge is 2.24. The molecule has 7 nitrogen and oxygen atoms in total. The fourth-order valence-electron chi connectivity index (χ4n) is 2.75. The summed E-state index contributed by atoms with van der Waals surface area (Å²) in [6, 6.07) is 9.80. The Morgan fingerprint density at radius 2 is 1.96 bits per heavy atom. The van der Waals surface area contributed by atoms with Gasteiger partial charge in [0.2, 0.25) is 0 Å². The summed E-state index contributed by atoms with van der Waals surface area (Å²) in [5, 5.41) is 1.79. The van der Waals surface area contributed by atoms with Crippen LogP contribution in [0, 0.1) is 5.41 Å². The number of nitrogens with zero attached hydrogens (tertiary/aromatic N) is 3. The van der Waals surface area contributed by atoms with E-state index in [2.05, 4.69) is 25.4 Å². The van der Waals surface area contributed by atoms with Crippen molar-refractivity contribution < 1.29 is 9.63 Å². The molecule has 4 aromatic rings. The monoisotopic (exact) mass is 361 g/mol. The van der Waals surface area contributed by atoms with Crippen molar-refractivity contribution in [2.75, 3.05) is 5.48 Å². The van der Waals surface area contributed by atoms with Gasteiger partial charge in [-0.1, -0.05) is 6.07 Å². The van der Waals surface area contributed by atoms with Crippen LogP contribution < -0.4 is 5.48 Å². The van der Waals surface area contributed by atoms with E-state index in [4.69, 9.17) is 4.84 Å². The number of carbonyl (C=O) groups excluding carboxylic acids is 1. The van der Waals surface area contributed by atoms with E-state index in [0.717, 1.165) is 33.1 Å². The van der Waals surface area contributed by atoms with Crippen molar-refractivity contribution in [3.05, 3.63) is 49.1 Å². The molecule has 136 valence electrons. The van der Waals surface area contributed by atoms with Crippen LogP contribution in [0.25, 0.3) is 33.1 Å². The molecule has 0 radical (unpaired) electrons. The second-order valence-corrected chi connectivity index (χ2v) is 7.30. The van der Waals surface area contributed by atoms with Crippen molar-refractivity contribution in [1.82, 2.24) is 19.9 Å². The number of fused-ring (bicyclic) bond motifs is 2. The highest BCUT2D eigenvalue weighted by Crippen LogP contribution is 2.31. The van der Waals surface area contributed by atoms with Crippen LogP contribution in [0.5, 0.6) is 0 Å². The number of hydrogen-bond donors (Lipinski definition) is 2. The summed E-state index contributed by atoms with van der Waals surface area (Å²) in [6.07, 6.45) is 5.11. The summed E-state index contributed by atoms with van der Waals surface area (Å²) in [7, 11) is 0. The Balaban J connectivity index is 1.74. The van der Waals surface area contributed by atoms with E-state index in [0.29, 0.717) is 5.82 Å². The Kier molecular flexibility index (Phi) is 3.99. The lowest BCUT2D eigenvalue weighted by Gasteiger charge is -2.16. The van der Waals surface area contributed by atoms with Gasteiger partial charge in [-0.25, -0.2) is 19.7 Å². The molecule has 0 atom stereocenters. The molecule has 0 bridgehead atoms. The fraction of sp³-hybridized carbons (Fsp3) is 0.200. The van der Waals surface area contributed by atoms with Crippen molar-refractivity contribution in [3.63, 3.8) is 0 Å². The first-order chi connectivity index (χ1) is 12.9. The molecule has 3 aromatic heterocycles. The van der Waals surface area contributed by atoms with Crippen LogP contribution in [-0.2, 0) is 9.63 Å². The van der Waals surface area contributed by atoms with Crippen molar-refractivity contribution >= 4 is 33.7 Å². The van der Waals surface area contributed by atoms with Gasteiger partial charge in [0.1, 0.15) is 12.0 Å². The zero-order valence-corrected chi connectivity index (χ0v) is 15.3. The number of nitrogens with one attached hydrogen (secondary N) is 2. The molecule has 0 saturated heterocycles. The number of benzene rings is 1. The highest BCUT2D eigenvalue weighted by molar-refractivity contribution is 5.98. The van der Waals surface area contributed by atoms with Crippen molar-refractivity contribution in [2.45, 2.75) is 20.8 Å². The summed E-state index contributed by atoms with van der Waals surface area (Å²) in [6.45, 7) is 5.37. The molecule has 3 heterocycles. The Morgan fingerprint density at radius 3 is 2.78 bits per heavy atom. The molecule has 4 rings (SSSR count). The number of aromatic nitrogens is 4. The predicted octanol–water partition coefficient (Wildman–Crippen LogP) is 4.09. The SMILES string of the molecule is CC(C)(C)C(=O)ONc1ncnc2ccc(-c3c[nH]c4ncccc34)cc12. The maximum absolute atomic E-state index is 12.0. The normalized spacial score (nSPS) is 11.7. The van der Waals surface area contributed by atoms with E-state index in [-0.39, 0.29) is 5.97 Å². The minimum Gasteiger partial charge on any atom is -0.346 e. The first-order valence-corrected chi connectivity index (χ1v) is 8.58. The molecule has 27 heavy (non-hydrogen) atoms. The van der Waals surface area contributed by atoms with Crippen LogP contribution in [0.1, 0.15) is 20.8 Å². The van der Waals surface area contributed by atoms with E-state index in [9.17, 15) is 4.79 Å². The maximum Gasteiger partial charge on any atom is 0.337 e. The lowest BCUT2D eigenvalue weighted by Crippen LogP contribution is -2.25. The van der Waals surface area contributed by atoms with E-state index in [1.165, 1.54) is 6.33 Å². The summed E-state index contributed by atoms with van der Waals surface area (Å²) in [5.41, 5.74) is 5.67. The first-order valence-electron chi connectivity index (χ1n) is 8.58. The zero-order valence-electron chi connectivity index (χ0n) is 15.3. The molecule has 0 fully saturated rings. The average Bonchev–Trinajstić information content (AvgIpc) is 3.09. The summed E-state index contributed by atoms with van der Waals surface area (Å²) in [5.74, 6) is 0.0746. The molecule has 0 saturated carbocycles.